The Bertz CT molecular complexity index is 627. The number of carboxylic acids is 2. The largest absolute Gasteiger partial charge is 0.481 e. The Balaban J connectivity index is 4.93. The van der Waals surface area contributed by atoms with Gasteiger partial charge in [-0.05, 0) is 44.6 Å². The minimum atomic E-state index is -1.41. The van der Waals surface area contributed by atoms with Gasteiger partial charge in [0.1, 0.15) is 12.1 Å². The lowest BCUT2D eigenvalue weighted by atomic mass is 10.0. The second kappa shape index (κ2) is 15.1. The number of unbranched alkanes of at least 4 members (excludes halogenated alkanes) is 1. The number of amides is 3. The number of aliphatic carboxylic acids is 2. The van der Waals surface area contributed by atoms with Crippen LogP contribution in [-0.2, 0) is 24.0 Å². The van der Waals surface area contributed by atoms with Gasteiger partial charge in [0, 0.05) is 6.42 Å². The van der Waals surface area contributed by atoms with Crippen molar-refractivity contribution in [3.05, 3.63) is 0 Å². The van der Waals surface area contributed by atoms with E-state index in [1.165, 1.54) is 0 Å². The molecule has 0 rings (SSSR count). The summed E-state index contributed by atoms with van der Waals surface area (Å²) in [5.41, 5.74) is 11.2. The lowest BCUT2D eigenvalue weighted by molar-refractivity contribution is -0.143. The lowest BCUT2D eigenvalue weighted by Gasteiger charge is -2.21. The van der Waals surface area contributed by atoms with Crippen molar-refractivity contribution < 1.29 is 34.2 Å². The molecule has 12 heteroatoms. The minimum absolute atomic E-state index is 0.195. The molecule has 0 fully saturated rings. The van der Waals surface area contributed by atoms with Gasteiger partial charge in [0.25, 0.3) is 0 Å². The molecule has 0 bridgehead atoms. The first kappa shape index (κ1) is 28.3. The van der Waals surface area contributed by atoms with Crippen molar-refractivity contribution in [3.63, 3.8) is 0 Å². The molecule has 0 aromatic heterocycles. The molecule has 0 radical (unpaired) electrons. The van der Waals surface area contributed by atoms with Crippen LogP contribution in [0, 0.1) is 5.92 Å². The maximum absolute atomic E-state index is 12.5. The van der Waals surface area contributed by atoms with E-state index in [2.05, 4.69) is 16.0 Å². The predicted molar refractivity (Wildman–Crippen MR) is 112 cm³/mol. The van der Waals surface area contributed by atoms with Gasteiger partial charge in [0.2, 0.25) is 17.7 Å². The van der Waals surface area contributed by atoms with Crippen LogP contribution in [0.25, 0.3) is 0 Å². The van der Waals surface area contributed by atoms with Gasteiger partial charge in [-0.1, -0.05) is 13.8 Å². The summed E-state index contributed by atoms with van der Waals surface area (Å²) >= 11 is 0. The molecule has 0 aromatic carbocycles. The fraction of sp³-hybridized carbons (Fsp3) is 0.737. The fourth-order valence-corrected chi connectivity index (χ4v) is 2.72. The molecule has 0 saturated heterocycles. The molecule has 0 aliphatic rings. The zero-order valence-electron chi connectivity index (χ0n) is 18.1. The van der Waals surface area contributed by atoms with E-state index in [1.54, 1.807) is 0 Å². The smallest absolute Gasteiger partial charge is 0.326 e. The summed E-state index contributed by atoms with van der Waals surface area (Å²) in [6.45, 7) is 3.80. The monoisotopic (exact) mass is 445 g/mol. The SMILES string of the molecule is CC(C)CC(N)C(=O)NCC(=O)NC(CCCCN)C(=O)NC(CCC(=O)O)C(=O)O. The summed E-state index contributed by atoms with van der Waals surface area (Å²) in [6.07, 6.45) is 0.980. The van der Waals surface area contributed by atoms with E-state index in [4.69, 9.17) is 16.6 Å². The molecule has 31 heavy (non-hydrogen) atoms. The molecule has 0 spiro atoms. The van der Waals surface area contributed by atoms with Crippen molar-refractivity contribution in [1.29, 1.82) is 0 Å². The van der Waals surface area contributed by atoms with Crippen LogP contribution in [0.15, 0.2) is 0 Å². The van der Waals surface area contributed by atoms with Crippen LogP contribution >= 0.6 is 0 Å². The van der Waals surface area contributed by atoms with Crippen LogP contribution < -0.4 is 27.4 Å². The van der Waals surface area contributed by atoms with E-state index in [1.807, 2.05) is 13.8 Å². The number of carboxylic acid groups (broad SMARTS) is 2. The molecule has 3 amide bonds. The van der Waals surface area contributed by atoms with Gasteiger partial charge in [-0.2, -0.15) is 0 Å². The average molecular weight is 446 g/mol. The van der Waals surface area contributed by atoms with Crippen LogP contribution in [0.1, 0.15) is 52.4 Å². The van der Waals surface area contributed by atoms with Crippen molar-refractivity contribution in [2.24, 2.45) is 17.4 Å². The van der Waals surface area contributed by atoms with E-state index in [0.29, 0.717) is 25.8 Å². The molecule has 12 nitrogen and oxygen atoms in total. The van der Waals surface area contributed by atoms with Gasteiger partial charge >= 0.3 is 11.9 Å². The first-order valence-corrected chi connectivity index (χ1v) is 10.3. The number of nitrogens with one attached hydrogen (secondary N) is 3. The van der Waals surface area contributed by atoms with Crippen LogP contribution in [0.4, 0.5) is 0 Å². The van der Waals surface area contributed by atoms with E-state index >= 15 is 0 Å². The third-order valence-corrected chi connectivity index (χ3v) is 4.35. The third kappa shape index (κ3) is 13.2. The Kier molecular flexibility index (Phi) is 13.8. The highest BCUT2D eigenvalue weighted by molar-refractivity contribution is 5.92. The van der Waals surface area contributed by atoms with Gasteiger partial charge in [-0.3, -0.25) is 19.2 Å². The van der Waals surface area contributed by atoms with E-state index in [0.717, 1.165) is 0 Å². The fourth-order valence-electron chi connectivity index (χ4n) is 2.72. The standard InChI is InChI=1S/C19H35N5O7/c1-11(2)9-12(21)17(28)22-10-15(25)23-13(5-3-4-8-20)18(29)24-14(19(30)31)6-7-16(26)27/h11-14H,3-10,20-21H2,1-2H3,(H,22,28)(H,23,25)(H,24,29)(H,26,27)(H,30,31). The highest BCUT2D eigenvalue weighted by Crippen LogP contribution is 2.05. The van der Waals surface area contributed by atoms with E-state index in [9.17, 15) is 29.1 Å². The summed E-state index contributed by atoms with van der Waals surface area (Å²) in [6, 6.07) is -3.24. The van der Waals surface area contributed by atoms with Crippen LogP contribution in [0.5, 0.6) is 0 Å². The van der Waals surface area contributed by atoms with Gasteiger partial charge in [-0.15, -0.1) is 0 Å². The molecule has 178 valence electrons. The summed E-state index contributed by atoms with van der Waals surface area (Å²) in [5, 5.41) is 25.0. The topological polar surface area (TPSA) is 214 Å². The van der Waals surface area contributed by atoms with Gasteiger partial charge < -0.3 is 37.6 Å². The third-order valence-electron chi connectivity index (χ3n) is 4.35. The summed E-state index contributed by atoms with van der Waals surface area (Å²) in [7, 11) is 0. The van der Waals surface area contributed by atoms with Crippen molar-refractivity contribution in [2.45, 2.75) is 70.5 Å². The normalized spacial score (nSPS) is 13.7. The average Bonchev–Trinajstić information content (AvgIpc) is 2.67. The van der Waals surface area contributed by atoms with Crippen LogP contribution in [-0.4, -0.2) is 71.1 Å². The van der Waals surface area contributed by atoms with Crippen molar-refractivity contribution >= 4 is 29.7 Å². The van der Waals surface area contributed by atoms with Crippen LogP contribution in [0.2, 0.25) is 0 Å². The molecule has 9 N–H and O–H groups in total. The van der Waals surface area contributed by atoms with Gasteiger partial charge in [0.05, 0.1) is 12.6 Å². The van der Waals surface area contributed by atoms with E-state index < -0.39 is 60.8 Å². The van der Waals surface area contributed by atoms with Crippen LogP contribution in [0.3, 0.4) is 0 Å². The zero-order chi connectivity index (χ0) is 24.0. The van der Waals surface area contributed by atoms with Gasteiger partial charge in [0.15, 0.2) is 0 Å². The first-order chi connectivity index (χ1) is 14.5. The lowest BCUT2D eigenvalue weighted by Crippen LogP contribution is -2.53. The number of hydrogen-bond acceptors (Lipinski definition) is 7. The highest BCUT2D eigenvalue weighted by atomic mass is 16.4. The quantitative estimate of drug-likeness (QED) is 0.138. The molecule has 0 aliphatic heterocycles. The van der Waals surface area contributed by atoms with Crippen molar-refractivity contribution in [1.82, 2.24) is 16.0 Å². The Labute approximate surface area is 181 Å². The number of carbonyl (C=O) groups is 5. The highest BCUT2D eigenvalue weighted by Gasteiger charge is 2.27. The molecule has 3 atom stereocenters. The number of hydrogen-bond donors (Lipinski definition) is 7. The minimum Gasteiger partial charge on any atom is -0.481 e. The Morgan fingerprint density at radius 1 is 0.903 bits per heavy atom. The van der Waals surface area contributed by atoms with E-state index in [-0.39, 0.29) is 18.8 Å². The Morgan fingerprint density at radius 3 is 2.06 bits per heavy atom. The summed E-state index contributed by atoms with van der Waals surface area (Å²) in [5.74, 6) is -4.27. The number of rotatable bonds is 16. The molecular weight excluding hydrogens is 410 g/mol. The Morgan fingerprint density at radius 2 is 1.55 bits per heavy atom. The van der Waals surface area contributed by atoms with Crippen molar-refractivity contribution in [2.75, 3.05) is 13.1 Å². The second-order valence-corrected chi connectivity index (χ2v) is 7.69. The maximum atomic E-state index is 12.5. The Hall–Kier alpha value is -2.73. The summed E-state index contributed by atoms with van der Waals surface area (Å²) < 4.78 is 0. The molecule has 3 unspecified atom stereocenters. The second-order valence-electron chi connectivity index (χ2n) is 7.69. The first-order valence-electron chi connectivity index (χ1n) is 10.3. The molecule has 0 saturated carbocycles. The maximum Gasteiger partial charge on any atom is 0.326 e. The molecular formula is C19H35N5O7. The molecule has 0 heterocycles. The number of nitrogens with two attached hydrogens (primary N) is 2. The molecule has 0 aromatic rings. The number of carbonyl (C=O) groups excluding carboxylic acids is 3. The predicted octanol–water partition coefficient (Wildman–Crippen LogP) is -1.48. The zero-order valence-corrected chi connectivity index (χ0v) is 18.1. The summed E-state index contributed by atoms with van der Waals surface area (Å²) in [4.78, 5) is 58.7. The van der Waals surface area contributed by atoms with Crippen molar-refractivity contribution in [3.8, 4) is 0 Å². The molecule has 0 aliphatic carbocycles. The van der Waals surface area contributed by atoms with Gasteiger partial charge in [-0.25, -0.2) is 4.79 Å².